The summed E-state index contributed by atoms with van der Waals surface area (Å²) in [6.45, 7) is 1.90. The third-order valence-electron chi connectivity index (χ3n) is 4.98. The molecule has 134 valence electrons. The summed E-state index contributed by atoms with van der Waals surface area (Å²) in [5.74, 6) is 0.0720. The van der Waals surface area contributed by atoms with Gasteiger partial charge in [-0.25, -0.2) is 0 Å². The van der Waals surface area contributed by atoms with Gasteiger partial charge in [-0.3, -0.25) is 9.48 Å². The number of aliphatic hydroxyl groups is 1. The lowest BCUT2D eigenvalue weighted by atomic mass is 10.1. The second-order valence-electron chi connectivity index (χ2n) is 6.85. The van der Waals surface area contributed by atoms with Gasteiger partial charge in [0.25, 0.3) is 5.91 Å². The van der Waals surface area contributed by atoms with Crippen molar-refractivity contribution in [1.82, 2.24) is 20.1 Å². The fourth-order valence-electron chi connectivity index (χ4n) is 3.74. The summed E-state index contributed by atoms with van der Waals surface area (Å²) in [5, 5.41) is 18.0. The second kappa shape index (κ2) is 6.82. The highest BCUT2D eigenvalue weighted by Crippen LogP contribution is 2.28. The molecule has 3 heterocycles. The minimum absolute atomic E-state index is 0.179. The number of aromatic amines is 1. The van der Waals surface area contributed by atoms with Crippen molar-refractivity contribution < 1.29 is 14.6 Å². The Morgan fingerprint density at radius 1 is 1.52 bits per heavy atom. The Balaban J connectivity index is 1.37. The quantitative estimate of drug-likeness (QED) is 0.766. The lowest BCUT2D eigenvalue weighted by molar-refractivity contribution is 0.0868. The van der Waals surface area contributed by atoms with Gasteiger partial charge >= 0.3 is 0 Å². The van der Waals surface area contributed by atoms with Crippen LogP contribution in [0.3, 0.4) is 0 Å². The van der Waals surface area contributed by atoms with Gasteiger partial charge in [-0.1, -0.05) is 11.6 Å². The highest BCUT2D eigenvalue weighted by molar-refractivity contribution is 6.30. The van der Waals surface area contributed by atoms with Gasteiger partial charge in [0.1, 0.15) is 5.69 Å². The predicted octanol–water partition coefficient (Wildman–Crippen LogP) is 1.51. The largest absolute Gasteiger partial charge is 0.391 e. The third kappa shape index (κ3) is 3.58. The van der Waals surface area contributed by atoms with Crippen LogP contribution < -0.4 is 5.32 Å². The lowest BCUT2D eigenvalue weighted by Crippen LogP contribution is -2.40. The average molecular weight is 365 g/mol. The standard InChI is InChI=1S/C17H21ClN4O3/c18-12-6-19-22(8-12)7-10-3-14(16(23)4-10)21-17(24)15-5-11-9-25-2-1-13(11)20-15/h5-6,8,10,14,16,20,23H,1-4,7,9H2,(H,21,24)/t10?,14-,16-/m1/s1. The highest BCUT2D eigenvalue weighted by atomic mass is 35.5. The minimum Gasteiger partial charge on any atom is -0.391 e. The average Bonchev–Trinajstić information content (AvgIpc) is 3.27. The summed E-state index contributed by atoms with van der Waals surface area (Å²) in [6, 6.07) is 1.59. The van der Waals surface area contributed by atoms with Gasteiger partial charge in [-0.15, -0.1) is 0 Å². The Hall–Kier alpha value is -1.83. The summed E-state index contributed by atoms with van der Waals surface area (Å²) in [6.07, 6.45) is 4.97. The molecule has 1 aliphatic carbocycles. The van der Waals surface area contributed by atoms with E-state index in [1.54, 1.807) is 17.1 Å². The number of ether oxygens (including phenoxy) is 1. The van der Waals surface area contributed by atoms with Crippen molar-refractivity contribution in [3.8, 4) is 0 Å². The predicted molar refractivity (Wildman–Crippen MR) is 91.4 cm³/mol. The van der Waals surface area contributed by atoms with Crippen LogP contribution in [0.25, 0.3) is 0 Å². The van der Waals surface area contributed by atoms with E-state index in [1.165, 1.54) is 0 Å². The van der Waals surface area contributed by atoms with E-state index >= 15 is 0 Å². The van der Waals surface area contributed by atoms with Gasteiger partial charge in [-0.05, 0) is 30.4 Å². The number of carbonyl (C=O) groups excluding carboxylic acids is 1. The zero-order valence-corrected chi connectivity index (χ0v) is 14.5. The fourth-order valence-corrected chi connectivity index (χ4v) is 3.90. The molecule has 25 heavy (non-hydrogen) atoms. The number of carbonyl (C=O) groups is 1. The van der Waals surface area contributed by atoms with Crippen molar-refractivity contribution in [2.24, 2.45) is 5.92 Å². The number of nitrogens with zero attached hydrogens (tertiary/aromatic N) is 2. The zero-order valence-electron chi connectivity index (χ0n) is 13.7. The van der Waals surface area contributed by atoms with E-state index in [0.29, 0.717) is 43.3 Å². The van der Waals surface area contributed by atoms with Crippen LogP contribution in [-0.2, 0) is 24.3 Å². The summed E-state index contributed by atoms with van der Waals surface area (Å²) in [4.78, 5) is 15.7. The zero-order chi connectivity index (χ0) is 17.4. The van der Waals surface area contributed by atoms with Gasteiger partial charge in [0.05, 0.1) is 36.6 Å². The van der Waals surface area contributed by atoms with Crippen molar-refractivity contribution >= 4 is 17.5 Å². The van der Waals surface area contributed by atoms with E-state index in [-0.39, 0.29) is 17.9 Å². The van der Waals surface area contributed by atoms with Crippen molar-refractivity contribution in [3.05, 3.63) is 40.4 Å². The molecule has 1 amide bonds. The number of halogens is 1. The van der Waals surface area contributed by atoms with E-state index in [2.05, 4.69) is 15.4 Å². The molecule has 2 aromatic rings. The number of hydrogen-bond donors (Lipinski definition) is 3. The first-order chi connectivity index (χ1) is 12.1. The van der Waals surface area contributed by atoms with Crippen LogP contribution >= 0.6 is 11.6 Å². The number of aromatic nitrogens is 3. The molecule has 1 aliphatic heterocycles. The molecule has 3 N–H and O–H groups in total. The first-order valence-electron chi connectivity index (χ1n) is 8.54. The molecular formula is C17H21ClN4O3. The molecule has 1 saturated carbocycles. The Bertz CT molecular complexity index is 748. The molecule has 0 aromatic carbocycles. The summed E-state index contributed by atoms with van der Waals surface area (Å²) >= 11 is 5.88. The van der Waals surface area contributed by atoms with Crippen molar-refractivity contribution in [2.45, 2.75) is 44.6 Å². The third-order valence-corrected chi connectivity index (χ3v) is 5.18. The van der Waals surface area contributed by atoms with Crippen LogP contribution in [0.4, 0.5) is 0 Å². The van der Waals surface area contributed by atoms with Gasteiger partial charge in [0.2, 0.25) is 0 Å². The molecule has 2 aromatic heterocycles. The highest BCUT2D eigenvalue weighted by Gasteiger charge is 2.34. The maximum absolute atomic E-state index is 12.5. The number of rotatable bonds is 4. The van der Waals surface area contributed by atoms with E-state index in [4.69, 9.17) is 16.3 Å². The van der Waals surface area contributed by atoms with Crippen LogP contribution in [0.5, 0.6) is 0 Å². The van der Waals surface area contributed by atoms with Crippen LogP contribution in [0.1, 0.15) is 34.6 Å². The first kappa shape index (κ1) is 16.6. The SMILES string of the molecule is O=C(N[C@@H]1CC(Cn2cc(Cl)cn2)C[C@H]1O)c1cc2c([nH]1)CCOC2. The summed E-state index contributed by atoms with van der Waals surface area (Å²) in [7, 11) is 0. The number of hydrogen-bond acceptors (Lipinski definition) is 4. The molecule has 8 heteroatoms. The molecule has 0 bridgehead atoms. The Morgan fingerprint density at radius 2 is 2.40 bits per heavy atom. The maximum Gasteiger partial charge on any atom is 0.268 e. The summed E-state index contributed by atoms with van der Waals surface area (Å²) in [5.41, 5.74) is 2.64. The molecule has 7 nitrogen and oxygen atoms in total. The molecule has 2 aliphatic rings. The van der Waals surface area contributed by atoms with Gasteiger partial charge in [-0.2, -0.15) is 5.10 Å². The number of H-pyrrole nitrogens is 1. The van der Waals surface area contributed by atoms with Crippen LogP contribution in [0, 0.1) is 5.92 Å². The lowest BCUT2D eigenvalue weighted by Gasteiger charge is -2.15. The van der Waals surface area contributed by atoms with Gasteiger partial charge in [0, 0.05) is 24.9 Å². The molecule has 0 spiro atoms. The summed E-state index contributed by atoms with van der Waals surface area (Å²) < 4.78 is 7.18. The molecular weight excluding hydrogens is 344 g/mol. The Morgan fingerprint density at radius 3 is 3.16 bits per heavy atom. The van der Waals surface area contributed by atoms with Gasteiger partial charge < -0.3 is 20.1 Å². The maximum atomic E-state index is 12.5. The first-order valence-corrected chi connectivity index (χ1v) is 8.91. The van der Waals surface area contributed by atoms with Crippen LogP contribution in [-0.4, -0.2) is 44.5 Å². The second-order valence-corrected chi connectivity index (χ2v) is 7.29. The minimum atomic E-state index is -0.548. The van der Waals surface area contributed by atoms with E-state index in [0.717, 1.165) is 17.7 Å². The van der Waals surface area contributed by atoms with Crippen molar-refractivity contribution in [2.75, 3.05) is 6.61 Å². The topological polar surface area (TPSA) is 92.2 Å². The normalized spacial score (nSPS) is 25.8. The number of amides is 1. The number of fused-ring (bicyclic) bond motifs is 1. The van der Waals surface area contributed by atoms with Crippen molar-refractivity contribution in [1.29, 1.82) is 0 Å². The van der Waals surface area contributed by atoms with E-state index in [1.807, 2.05) is 6.07 Å². The van der Waals surface area contributed by atoms with Crippen LogP contribution in [0.2, 0.25) is 5.02 Å². The fraction of sp³-hybridized carbons (Fsp3) is 0.529. The van der Waals surface area contributed by atoms with E-state index < -0.39 is 6.10 Å². The molecule has 0 saturated heterocycles. The van der Waals surface area contributed by atoms with Gasteiger partial charge in [0.15, 0.2) is 0 Å². The molecule has 1 unspecified atom stereocenters. The van der Waals surface area contributed by atoms with Crippen LogP contribution in [0.15, 0.2) is 18.5 Å². The molecule has 0 radical (unpaired) electrons. The monoisotopic (exact) mass is 364 g/mol. The smallest absolute Gasteiger partial charge is 0.268 e. The van der Waals surface area contributed by atoms with E-state index in [9.17, 15) is 9.90 Å². The molecule has 1 fully saturated rings. The number of aliphatic hydroxyl groups excluding tert-OH is 1. The van der Waals surface area contributed by atoms with Crippen molar-refractivity contribution in [3.63, 3.8) is 0 Å². The molecule has 4 rings (SSSR count). The molecule has 3 atom stereocenters. The number of nitrogens with one attached hydrogen (secondary N) is 2. The Kier molecular flexibility index (Phi) is 4.54. The Labute approximate surface area is 150 Å².